The predicted octanol–water partition coefficient (Wildman–Crippen LogP) is 2.35. The zero-order valence-electron chi connectivity index (χ0n) is 17.4. The average molecular weight is 406 g/mol. The molecule has 0 radical (unpaired) electrons. The monoisotopic (exact) mass is 406 g/mol. The molecule has 0 aliphatic heterocycles. The number of Topliss-reactive ketones (excluding diaryl/α,β-unsaturated/α-hetero) is 1. The maximum atomic E-state index is 12.7. The van der Waals surface area contributed by atoms with Crippen LogP contribution >= 0.6 is 0 Å². The van der Waals surface area contributed by atoms with Gasteiger partial charge in [-0.05, 0) is 31.2 Å². The molecule has 2 amide bonds. The van der Waals surface area contributed by atoms with E-state index < -0.39 is 35.8 Å². The summed E-state index contributed by atoms with van der Waals surface area (Å²) in [6, 6.07) is 7.24. The van der Waals surface area contributed by atoms with Crippen molar-refractivity contribution < 1.29 is 28.7 Å². The van der Waals surface area contributed by atoms with Gasteiger partial charge in [-0.25, -0.2) is 9.59 Å². The maximum absolute atomic E-state index is 12.7. The lowest BCUT2D eigenvalue weighted by Gasteiger charge is -2.22. The molecule has 0 aromatic heterocycles. The van der Waals surface area contributed by atoms with Crippen molar-refractivity contribution in [2.24, 2.45) is 5.92 Å². The summed E-state index contributed by atoms with van der Waals surface area (Å²) in [5.74, 6) is -2.27. The van der Waals surface area contributed by atoms with Gasteiger partial charge in [0.05, 0.1) is 12.6 Å². The molecule has 29 heavy (non-hydrogen) atoms. The van der Waals surface area contributed by atoms with Gasteiger partial charge in [0.15, 0.2) is 0 Å². The highest BCUT2D eigenvalue weighted by Crippen LogP contribution is 2.08. The molecule has 0 saturated heterocycles. The van der Waals surface area contributed by atoms with Crippen LogP contribution in [0.1, 0.15) is 46.1 Å². The molecule has 1 rings (SSSR count). The number of esters is 1. The fraction of sp³-hybridized carbons (Fsp3) is 0.524. The van der Waals surface area contributed by atoms with Crippen molar-refractivity contribution in [3.63, 3.8) is 0 Å². The largest absolute Gasteiger partial charge is 0.460 e. The van der Waals surface area contributed by atoms with Gasteiger partial charge in [-0.1, -0.05) is 51.1 Å². The Hall–Kier alpha value is -2.90. The van der Waals surface area contributed by atoms with Crippen LogP contribution in [0.4, 0.5) is 4.79 Å². The quantitative estimate of drug-likeness (QED) is 0.431. The highest BCUT2D eigenvalue weighted by molar-refractivity contribution is 6.36. The number of nitrogens with one attached hydrogen (secondary N) is 2. The van der Waals surface area contributed by atoms with E-state index in [-0.39, 0.29) is 25.6 Å². The number of hydrogen-bond donors (Lipinski definition) is 2. The highest BCUT2D eigenvalue weighted by atomic mass is 16.5. The lowest BCUT2D eigenvalue weighted by atomic mass is 10.0. The number of benzene rings is 1. The number of ketones is 1. The van der Waals surface area contributed by atoms with Gasteiger partial charge in [0.2, 0.25) is 5.91 Å². The summed E-state index contributed by atoms with van der Waals surface area (Å²) in [6.07, 6.45) is -0.175. The Labute approximate surface area is 171 Å². The molecule has 0 heterocycles. The van der Waals surface area contributed by atoms with Crippen LogP contribution in [-0.4, -0.2) is 42.4 Å². The second-order valence-electron chi connectivity index (χ2n) is 6.94. The van der Waals surface area contributed by atoms with Crippen LogP contribution in [0.25, 0.3) is 0 Å². The van der Waals surface area contributed by atoms with Crippen LogP contribution < -0.4 is 10.6 Å². The van der Waals surface area contributed by atoms with Crippen LogP contribution in [0, 0.1) is 5.92 Å². The van der Waals surface area contributed by atoms with Crippen LogP contribution in [0.15, 0.2) is 30.3 Å². The second kappa shape index (κ2) is 12.5. The van der Waals surface area contributed by atoms with Crippen molar-refractivity contribution in [2.45, 2.75) is 59.2 Å². The number of hydrogen-bond acceptors (Lipinski definition) is 6. The molecule has 0 bridgehead atoms. The van der Waals surface area contributed by atoms with Crippen molar-refractivity contribution in [3.05, 3.63) is 35.9 Å². The number of alkyl carbamates (subject to hydrolysis) is 1. The molecule has 0 saturated carbocycles. The summed E-state index contributed by atoms with van der Waals surface area (Å²) in [7, 11) is 0. The van der Waals surface area contributed by atoms with Crippen molar-refractivity contribution in [2.75, 3.05) is 6.61 Å². The van der Waals surface area contributed by atoms with Crippen molar-refractivity contribution in [1.82, 2.24) is 10.6 Å². The summed E-state index contributed by atoms with van der Waals surface area (Å²) < 4.78 is 9.87. The van der Waals surface area contributed by atoms with Gasteiger partial charge < -0.3 is 20.1 Å². The molecule has 1 aromatic carbocycles. The smallest absolute Gasteiger partial charge is 0.408 e. The molecular weight excluding hydrogens is 376 g/mol. The van der Waals surface area contributed by atoms with E-state index in [9.17, 15) is 19.2 Å². The number of carbonyl (C=O) groups excluding carboxylic acids is 4. The zero-order valence-corrected chi connectivity index (χ0v) is 17.4. The summed E-state index contributed by atoms with van der Waals surface area (Å²) in [5, 5.41) is 5.07. The van der Waals surface area contributed by atoms with E-state index in [1.807, 2.05) is 44.2 Å². The zero-order chi connectivity index (χ0) is 21.8. The first-order valence-electron chi connectivity index (χ1n) is 9.76. The lowest BCUT2D eigenvalue weighted by molar-refractivity contribution is -0.154. The maximum Gasteiger partial charge on any atom is 0.408 e. The molecule has 0 aliphatic carbocycles. The average Bonchev–Trinajstić information content (AvgIpc) is 2.69. The molecule has 0 unspecified atom stereocenters. The number of amides is 2. The summed E-state index contributed by atoms with van der Waals surface area (Å²) in [5.41, 5.74) is 0.818. The summed E-state index contributed by atoms with van der Waals surface area (Å²) in [6.45, 7) is 7.20. The molecule has 0 aliphatic rings. The van der Waals surface area contributed by atoms with Crippen LogP contribution in [0.3, 0.4) is 0 Å². The Morgan fingerprint density at radius 1 is 0.931 bits per heavy atom. The second-order valence-corrected chi connectivity index (χ2v) is 6.94. The minimum Gasteiger partial charge on any atom is -0.460 e. The molecule has 160 valence electrons. The molecule has 2 N–H and O–H groups in total. The van der Waals surface area contributed by atoms with Crippen LogP contribution in [0.2, 0.25) is 0 Å². The van der Waals surface area contributed by atoms with E-state index in [1.54, 1.807) is 13.8 Å². The molecule has 8 heteroatoms. The van der Waals surface area contributed by atoms with Crippen LogP contribution in [-0.2, 0) is 30.5 Å². The summed E-state index contributed by atoms with van der Waals surface area (Å²) in [4.78, 5) is 48.6. The van der Waals surface area contributed by atoms with Gasteiger partial charge in [0, 0.05) is 0 Å². The highest BCUT2D eigenvalue weighted by Gasteiger charge is 2.30. The lowest BCUT2D eigenvalue weighted by Crippen LogP contribution is -2.53. The van der Waals surface area contributed by atoms with Gasteiger partial charge >= 0.3 is 12.1 Å². The molecule has 0 spiro atoms. The first kappa shape index (κ1) is 24.1. The van der Waals surface area contributed by atoms with Gasteiger partial charge in [-0.3, -0.25) is 9.59 Å². The van der Waals surface area contributed by atoms with E-state index >= 15 is 0 Å². The molecule has 8 nitrogen and oxygen atoms in total. The standard InChI is InChI=1S/C21H30N2O6/c1-5-16(18(24)20(26)28-6-2)22-19(25)17(12-14(3)4)23-21(27)29-13-15-10-8-7-9-11-15/h7-11,14,16-17H,5-6,12-13H2,1-4H3,(H,22,25)(H,23,27)/t16-,17-/m0/s1. The summed E-state index contributed by atoms with van der Waals surface area (Å²) >= 11 is 0. The number of ether oxygens (including phenoxy) is 2. The number of rotatable bonds is 11. The van der Waals surface area contributed by atoms with E-state index in [0.29, 0.717) is 6.42 Å². The topological polar surface area (TPSA) is 111 Å². The first-order chi connectivity index (χ1) is 13.8. The normalized spacial score (nSPS) is 12.6. The van der Waals surface area contributed by atoms with E-state index in [2.05, 4.69) is 10.6 Å². The minimum absolute atomic E-state index is 0.0692. The Bertz CT molecular complexity index is 690. The molecule has 0 fully saturated rings. The molecular formula is C21H30N2O6. The third kappa shape index (κ3) is 8.76. The minimum atomic E-state index is -1.02. The third-order valence-electron chi connectivity index (χ3n) is 4.05. The van der Waals surface area contributed by atoms with Gasteiger partial charge in [-0.2, -0.15) is 0 Å². The number of carbonyl (C=O) groups is 4. The SMILES string of the molecule is CCOC(=O)C(=O)[C@H](CC)NC(=O)[C@H](CC(C)C)NC(=O)OCc1ccccc1. The predicted molar refractivity (Wildman–Crippen MR) is 107 cm³/mol. The Kier molecular flexibility index (Phi) is 10.4. The Morgan fingerprint density at radius 3 is 2.14 bits per heavy atom. The van der Waals surface area contributed by atoms with E-state index in [0.717, 1.165) is 5.56 Å². The van der Waals surface area contributed by atoms with Gasteiger partial charge in [0.25, 0.3) is 5.78 Å². The Balaban J connectivity index is 2.71. The first-order valence-corrected chi connectivity index (χ1v) is 9.76. The van der Waals surface area contributed by atoms with Crippen molar-refractivity contribution in [1.29, 1.82) is 0 Å². The van der Waals surface area contributed by atoms with Crippen molar-refractivity contribution >= 4 is 23.8 Å². The fourth-order valence-electron chi connectivity index (χ4n) is 2.58. The van der Waals surface area contributed by atoms with Crippen molar-refractivity contribution in [3.8, 4) is 0 Å². The molecule has 1 aromatic rings. The van der Waals surface area contributed by atoms with E-state index in [1.165, 1.54) is 0 Å². The molecule has 2 atom stereocenters. The Morgan fingerprint density at radius 2 is 1.59 bits per heavy atom. The van der Waals surface area contributed by atoms with Crippen LogP contribution in [0.5, 0.6) is 0 Å². The van der Waals surface area contributed by atoms with Gasteiger partial charge in [-0.15, -0.1) is 0 Å². The fourth-order valence-corrected chi connectivity index (χ4v) is 2.58. The third-order valence-corrected chi connectivity index (χ3v) is 4.05. The van der Waals surface area contributed by atoms with Gasteiger partial charge in [0.1, 0.15) is 12.6 Å². The van der Waals surface area contributed by atoms with E-state index in [4.69, 9.17) is 9.47 Å².